The zero-order valence-electron chi connectivity index (χ0n) is 18.5. The van der Waals surface area contributed by atoms with E-state index in [0.29, 0.717) is 5.69 Å². The highest BCUT2D eigenvalue weighted by Crippen LogP contribution is 2.45. The van der Waals surface area contributed by atoms with Crippen molar-refractivity contribution >= 4 is 33.4 Å². The van der Waals surface area contributed by atoms with Crippen molar-refractivity contribution in [3.05, 3.63) is 101 Å². The number of ether oxygens (including phenoxy) is 2. The van der Waals surface area contributed by atoms with E-state index in [-0.39, 0.29) is 11.0 Å². The van der Waals surface area contributed by atoms with Crippen molar-refractivity contribution in [2.24, 2.45) is 0 Å². The summed E-state index contributed by atoms with van der Waals surface area (Å²) in [7, 11) is 0. The number of halogens is 1. The molecule has 7 nitrogen and oxygen atoms in total. The maximum atomic E-state index is 11.6. The van der Waals surface area contributed by atoms with Gasteiger partial charge in [0.1, 0.15) is 23.0 Å². The first-order valence-electron chi connectivity index (χ1n) is 11.2. The molecular weight excluding hydrogens is 476 g/mol. The van der Waals surface area contributed by atoms with Crippen molar-refractivity contribution in [3.8, 4) is 45.5 Å². The van der Waals surface area contributed by atoms with Gasteiger partial charge in [-0.3, -0.25) is 0 Å². The van der Waals surface area contributed by atoms with Gasteiger partial charge in [0.2, 0.25) is 5.28 Å². The van der Waals surface area contributed by atoms with Crippen LogP contribution >= 0.6 is 11.6 Å². The van der Waals surface area contributed by atoms with Crippen molar-refractivity contribution in [1.29, 1.82) is 0 Å². The molecule has 172 valence electrons. The van der Waals surface area contributed by atoms with E-state index >= 15 is 0 Å². The van der Waals surface area contributed by atoms with Crippen molar-refractivity contribution in [1.82, 2.24) is 19.9 Å². The molecule has 0 amide bonds. The number of benzene rings is 4. The monoisotopic (exact) mass is 490 g/mol. The zero-order chi connectivity index (χ0) is 24.2. The minimum Gasteiger partial charge on any atom is -0.456 e. The van der Waals surface area contributed by atoms with Crippen molar-refractivity contribution < 1.29 is 9.47 Å². The second-order valence-corrected chi connectivity index (χ2v) is 8.60. The molecule has 0 saturated carbocycles. The van der Waals surface area contributed by atoms with Gasteiger partial charge >= 0.3 is 5.69 Å². The summed E-state index contributed by atoms with van der Waals surface area (Å²) in [6.45, 7) is 0. The molecule has 0 aliphatic carbocycles. The fraction of sp³-hybridized carbons (Fsp3) is 0. The third-order valence-electron chi connectivity index (χ3n) is 6.10. The Balaban J connectivity index is 0.000000122. The highest BCUT2D eigenvalue weighted by molar-refractivity contribution is 6.29. The summed E-state index contributed by atoms with van der Waals surface area (Å²) in [5.74, 6) is 3.03. The van der Waals surface area contributed by atoms with Gasteiger partial charge in [0.15, 0.2) is 0 Å². The molecule has 1 N–H and O–H groups in total. The maximum absolute atomic E-state index is 11.6. The Hall–Kier alpha value is -4.75. The number of rotatable bonds is 0. The molecule has 2 aliphatic heterocycles. The molecule has 0 fully saturated rings. The average Bonchev–Trinajstić information content (AvgIpc) is 2.89. The molecular formula is C28H15ClN4O3. The third-order valence-corrected chi connectivity index (χ3v) is 6.27. The first-order valence-corrected chi connectivity index (χ1v) is 11.6. The fourth-order valence-corrected chi connectivity index (χ4v) is 4.78. The van der Waals surface area contributed by atoms with E-state index in [1.54, 1.807) is 0 Å². The van der Waals surface area contributed by atoms with Gasteiger partial charge in [-0.2, -0.15) is 4.98 Å². The highest BCUT2D eigenvalue weighted by atomic mass is 35.5. The number of fused-ring (bicyclic) bond motifs is 4. The molecule has 4 aromatic carbocycles. The van der Waals surface area contributed by atoms with Crippen molar-refractivity contribution in [3.63, 3.8) is 0 Å². The lowest BCUT2D eigenvalue weighted by molar-refractivity contribution is 0.486. The van der Waals surface area contributed by atoms with Gasteiger partial charge in [-0.1, -0.05) is 36.4 Å². The van der Waals surface area contributed by atoms with Crippen LogP contribution in [0.3, 0.4) is 0 Å². The summed E-state index contributed by atoms with van der Waals surface area (Å²) in [6, 6.07) is 26.7. The molecule has 0 unspecified atom stereocenters. The standard InChI is InChI=1S/C14H7ClN2O.C14H8N2O2/c15-14-16-9-5-3-7-11-12(9)13(17-14)8-4-1-2-6-10(8)18-11;17-14-15-9-5-3-7-11-12(9)13(16-14)8-4-1-2-6-10(8)18-11/h1-7H;1-7H,(H,15,16,17). The van der Waals surface area contributed by atoms with E-state index in [1.165, 1.54) is 0 Å². The minimum absolute atomic E-state index is 0.256. The summed E-state index contributed by atoms with van der Waals surface area (Å²) >= 11 is 5.98. The third kappa shape index (κ3) is 3.21. The largest absolute Gasteiger partial charge is 0.456 e. The summed E-state index contributed by atoms with van der Waals surface area (Å²) in [6.07, 6.45) is 0. The van der Waals surface area contributed by atoms with Crippen molar-refractivity contribution in [2.75, 3.05) is 0 Å². The van der Waals surface area contributed by atoms with Gasteiger partial charge < -0.3 is 14.5 Å². The second-order valence-electron chi connectivity index (χ2n) is 8.26. The molecule has 0 saturated heterocycles. The van der Waals surface area contributed by atoms with E-state index in [0.717, 1.165) is 61.6 Å². The van der Waals surface area contributed by atoms with E-state index < -0.39 is 0 Å². The Kier molecular flexibility index (Phi) is 4.52. The van der Waals surface area contributed by atoms with Crippen LogP contribution in [0.4, 0.5) is 0 Å². The Morgan fingerprint density at radius 1 is 0.611 bits per heavy atom. The lowest BCUT2D eigenvalue weighted by Crippen LogP contribution is -2.13. The van der Waals surface area contributed by atoms with Gasteiger partial charge in [0.25, 0.3) is 0 Å². The number of aromatic nitrogens is 4. The van der Waals surface area contributed by atoms with Crippen LogP contribution in [0, 0.1) is 0 Å². The predicted molar refractivity (Wildman–Crippen MR) is 138 cm³/mol. The molecule has 2 aliphatic rings. The van der Waals surface area contributed by atoms with Crippen LogP contribution < -0.4 is 15.2 Å². The average molecular weight is 491 g/mol. The molecule has 0 bridgehead atoms. The van der Waals surface area contributed by atoms with Gasteiger partial charge in [0.05, 0.1) is 33.2 Å². The summed E-state index contributed by atoms with van der Waals surface area (Å²) in [5.41, 5.74) is 4.53. The van der Waals surface area contributed by atoms with E-state index in [1.807, 2.05) is 84.9 Å². The molecule has 6 aromatic rings. The van der Waals surface area contributed by atoms with Gasteiger partial charge in [-0.15, -0.1) is 0 Å². The van der Waals surface area contributed by atoms with Gasteiger partial charge in [-0.25, -0.2) is 14.8 Å². The van der Waals surface area contributed by atoms with E-state index in [4.69, 9.17) is 21.1 Å². The number of hydrogen-bond donors (Lipinski definition) is 1. The smallest absolute Gasteiger partial charge is 0.345 e. The molecule has 0 radical (unpaired) electrons. The summed E-state index contributed by atoms with van der Waals surface area (Å²) in [4.78, 5) is 27.0. The number of nitrogens with one attached hydrogen (secondary N) is 1. The number of para-hydroxylation sites is 2. The minimum atomic E-state index is -0.341. The van der Waals surface area contributed by atoms with Crippen LogP contribution in [0.1, 0.15) is 0 Å². The molecule has 8 rings (SSSR count). The SMILES string of the molecule is Clc1nc2c3c(cccc3n1)Oc1ccccc1-2.O=c1nc2c3c(cccc3[nH]1)Oc1ccccc1-2. The summed E-state index contributed by atoms with van der Waals surface area (Å²) in [5, 5.41) is 2.03. The molecule has 36 heavy (non-hydrogen) atoms. The van der Waals surface area contributed by atoms with E-state index in [9.17, 15) is 4.79 Å². The molecule has 0 atom stereocenters. The lowest BCUT2D eigenvalue weighted by Gasteiger charge is -2.19. The Labute approximate surface area is 209 Å². The predicted octanol–water partition coefficient (Wildman–Crippen LogP) is 6.75. The number of nitrogens with zero attached hydrogens (tertiary/aromatic N) is 3. The Morgan fingerprint density at radius 3 is 1.92 bits per heavy atom. The quantitative estimate of drug-likeness (QED) is 0.236. The second kappa shape index (κ2) is 7.90. The highest BCUT2D eigenvalue weighted by Gasteiger charge is 2.22. The topological polar surface area (TPSA) is 90.0 Å². The van der Waals surface area contributed by atoms with Crippen LogP contribution in [0.2, 0.25) is 5.28 Å². The number of aromatic amines is 1. The maximum Gasteiger partial charge on any atom is 0.345 e. The fourth-order valence-electron chi connectivity index (χ4n) is 4.60. The lowest BCUT2D eigenvalue weighted by atomic mass is 10.0. The number of H-pyrrole nitrogens is 1. The molecule has 0 spiro atoms. The van der Waals surface area contributed by atoms with Gasteiger partial charge in [0, 0.05) is 11.1 Å². The first kappa shape index (κ1) is 20.6. The molecule has 8 heteroatoms. The summed E-state index contributed by atoms with van der Waals surface area (Å²) < 4.78 is 11.7. The van der Waals surface area contributed by atoms with E-state index in [2.05, 4.69) is 19.9 Å². The zero-order valence-corrected chi connectivity index (χ0v) is 19.3. The van der Waals surface area contributed by atoms with Gasteiger partial charge in [-0.05, 0) is 60.1 Å². The Morgan fingerprint density at radius 2 is 1.19 bits per heavy atom. The molecule has 2 aromatic heterocycles. The van der Waals surface area contributed by atoms with Crippen LogP contribution in [0.25, 0.3) is 44.3 Å². The van der Waals surface area contributed by atoms with Crippen LogP contribution in [-0.2, 0) is 0 Å². The Bertz CT molecular complexity index is 1900. The van der Waals surface area contributed by atoms with Crippen molar-refractivity contribution in [2.45, 2.75) is 0 Å². The van der Waals surface area contributed by atoms with Crippen LogP contribution in [0.15, 0.2) is 89.7 Å². The normalized spacial score (nSPS) is 12.0. The molecule has 4 heterocycles. The number of hydrogen-bond acceptors (Lipinski definition) is 6. The van der Waals surface area contributed by atoms with Crippen LogP contribution in [0.5, 0.6) is 23.0 Å². The first-order chi connectivity index (χ1) is 17.7. The van der Waals surface area contributed by atoms with Crippen LogP contribution in [-0.4, -0.2) is 19.9 Å².